The molecule has 0 aliphatic rings. The lowest BCUT2D eigenvalue weighted by Crippen LogP contribution is -1.95. The number of hydrogen-bond acceptors (Lipinski definition) is 6. The van der Waals surface area contributed by atoms with E-state index in [1.165, 1.54) is 25.3 Å². The van der Waals surface area contributed by atoms with E-state index in [4.69, 9.17) is 4.74 Å². The van der Waals surface area contributed by atoms with E-state index in [0.29, 0.717) is 5.56 Å². The Bertz CT molecular complexity index is 725. The number of phenols is 4. The predicted octanol–water partition coefficient (Wildman–Crippen LogP) is 2.41. The van der Waals surface area contributed by atoms with Gasteiger partial charge in [0.25, 0.3) is 0 Å². The zero-order valence-electron chi connectivity index (χ0n) is 11.6. The average molecular weight is 302 g/mol. The lowest BCUT2D eigenvalue weighted by Gasteiger charge is -2.05. The molecule has 2 rings (SSSR count). The summed E-state index contributed by atoms with van der Waals surface area (Å²) < 4.78 is 4.95. The first-order valence-corrected chi connectivity index (χ1v) is 6.26. The van der Waals surface area contributed by atoms with E-state index in [1.807, 2.05) is 0 Å². The molecule has 6 nitrogen and oxygen atoms in total. The second-order valence-electron chi connectivity index (χ2n) is 4.49. The highest BCUT2D eigenvalue weighted by Crippen LogP contribution is 2.32. The summed E-state index contributed by atoms with van der Waals surface area (Å²) in [5, 5.41) is 37.9. The van der Waals surface area contributed by atoms with Gasteiger partial charge in [-0.25, -0.2) is 0 Å². The van der Waals surface area contributed by atoms with Gasteiger partial charge in [0.15, 0.2) is 17.3 Å². The first kappa shape index (κ1) is 15.2. The Morgan fingerprint density at radius 2 is 1.64 bits per heavy atom. The fraction of sp³-hybridized carbons (Fsp3) is 0.0625. The maximum atomic E-state index is 12.0. The second-order valence-corrected chi connectivity index (χ2v) is 4.49. The van der Waals surface area contributed by atoms with Crippen LogP contribution < -0.4 is 4.74 Å². The maximum absolute atomic E-state index is 12.0. The zero-order chi connectivity index (χ0) is 16.3. The van der Waals surface area contributed by atoms with Crippen molar-refractivity contribution in [2.75, 3.05) is 7.11 Å². The van der Waals surface area contributed by atoms with Gasteiger partial charge < -0.3 is 25.2 Å². The Hall–Kier alpha value is -3.15. The van der Waals surface area contributed by atoms with Crippen LogP contribution >= 0.6 is 0 Å². The van der Waals surface area contributed by atoms with Crippen LogP contribution in [0, 0.1) is 0 Å². The summed E-state index contributed by atoms with van der Waals surface area (Å²) in [5.74, 6) is -1.79. The Labute approximate surface area is 126 Å². The summed E-state index contributed by atoms with van der Waals surface area (Å²) in [7, 11) is 1.40. The van der Waals surface area contributed by atoms with Crippen LogP contribution in [-0.4, -0.2) is 33.3 Å². The third-order valence-corrected chi connectivity index (χ3v) is 2.96. The van der Waals surface area contributed by atoms with E-state index >= 15 is 0 Å². The van der Waals surface area contributed by atoms with E-state index in [2.05, 4.69) is 0 Å². The fourth-order valence-electron chi connectivity index (χ4n) is 1.90. The van der Waals surface area contributed by atoms with Crippen LogP contribution in [0.15, 0.2) is 36.4 Å². The lowest BCUT2D eigenvalue weighted by atomic mass is 10.1. The van der Waals surface area contributed by atoms with Gasteiger partial charge in [0, 0.05) is 12.1 Å². The molecule has 22 heavy (non-hydrogen) atoms. The van der Waals surface area contributed by atoms with Crippen LogP contribution in [0.5, 0.6) is 28.7 Å². The van der Waals surface area contributed by atoms with Crippen molar-refractivity contribution < 1.29 is 30.0 Å². The van der Waals surface area contributed by atoms with Crippen molar-refractivity contribution >= 4 is 11.9 Å². The monoisotopic (exact) mass is 302 g/mol. The molecule has 0 spiro atoms. The van der Waals surface area contributed by atoms with Gasteiger partial charge in [-0.05, 0) is 23.8 Å². The Morgan fingerprint density at radius 1 is 1.00 bits per heavy atom. The van der Waals surface area contributed by atoms with Crippen molar-refractivity contribution in [2.45, 2.75) is 0 Å². The molecule has 4 N–H and O–H groups in total. The molecular weight excluding hydrogens is 288 g/mol. The minimum Gasteiger partial charge on any atom is -0.508 e. The molecule has 2 aromatic rings. The Morgan fingerprint density at radius 3 is 2.23 bits per heavy atom. The van der Waals surface area contributed by atoms with Crippen molar-refractivity contribution in [3.8, 4) is 28.7 Å². The molecule has 0 aliphatic heterocycles. The van der Waals surface area contributed by atoms with Crippen molar-refractivity contribution in [1.29, 1.82) is 0 Å². The zero-order valence-corrected chi connectivity index (χ0v) is 11.6. The topological polar surface area (TPSA) is 107 Å². The van der Waals surface area contributed by atoms with Crippen molar-refractivity contribution in [1.82, 2.24) is 0 Å². The molecule has 0 heterocycles. The summed E-state index contributed by atoms with van der Waals surface area (Å²) in [6.45, 7) is 0. The Kier molecular flexibility index (Phi) is 4.22. The van der Waals surface area contributed by atoms with Gasteiger partial charge in [0.05, 0.1) is 7.11 Å². The number of allylic oxidation sites excluding steroid dienone is 1. The number of phenolic OH excluding ortho intramolecular Hbond substituents is 4. The molecule has 0 radical (unpaired) electrons. The molecular formula is C16H14O6. The Balaban J connectivity index is 2.29. The predicted molar refractivity (Wildman–Crippen MR) is 79.5 cm³/mol. The highest BCUT2D eigenvalue weighted by atomic mass is 16.5. The van der Waals surface area contributed by atoms with E-state index in [1.54, 1.807) is 6.07 Å². The molecule has 0 saturated carbocycles. The van der Waals surface area contributed by atoms with Gasteiger partial charge in [-0.1, -0.05) is 12.1 Å². The number of carbonyl (C=O) groups is 1. The molecule has 0 atom stereocenters. The van der Waals surface area contributed by atoms with Crippen LogP contribution in [0.1, 0.15) is 15.9 Å². The number of benzene rings is 2. The van der Waals surface area contributed by atoms with Gasteiger partial charge in [-0.3, -0.25) is 4.79 Å². The van der Waals surface area contributed by atoms with E-state index in [9.17, 15) is 25.2 Å². The first-order chi connectivity index (χ1) is 10.4. The molecule has 6 heteroatoms. The standard InChI is InChI=1S/C16H14O6/c1-22-15-6-9(2-4-11(15)18)3-5-12(19)16-13(20)7-10(17)8-14(16)21/h2-8,17-18,20-21H,1H3/b5-3+. The number of aromatic hydroxyl groups is 4. The number of ketones is 1. The lowest BCUT2D eigenvalue weighted by molar-refractivity contribution is 0.104. The molecule has 0 aromatic heterocycles. The second kappa shape index (κ2) is 6.09. The molecule has 2 aromatic carbocycles. The van der Waals surface area contributed by atoms with Crippen LogP contribution in [0.4, 0.5) is 0 Å². The number of methoxy groups -OCH3 is 1. The number of ether oxygens (including phenoxy) is 1. The molecule has 0 amide bonds. The van der Waals surface area contributed by atoms with Crippen LogP contribution in [0.25, 0.3) is 6.08 Å². The van der Waals surface area contributed by atoms with Crippen LogP contribution in [0.3, 0.4) is 0 Å². The molecule has 0 saturated heterocycles. The summed E-state index contributed by atoms with van der Waals surface area (Å²) in [4.78, 5) is 12.0. The quantitative estimate of drug-likeness (QED) is 0.510. The van der Waals surface area contributed by atoms with E-state index in [-0.39, 0.29) is 22.8 Å². The van der Waals surface area contributed by atoms with Gasteiger partial charge in [0.1, 0.15) is 22.8 Å². The molecule has 0 bridgehead atoms. The largest absolute Gasteiger partial charge is 0.508 e. The maximum Gasteiger partial charge on any atom is 0.193 e. The third kappa shape index (κ3) is 3.12. The number of carbonyl (C=O) groups excluding carboxylic acids is 1. The van der Waals surface area contributed by atoms with Crippen LogP contribution in [-0.2, 0) is 0 Å². The number of rotatable bonds is 4. The molecule has 0 aliphatic carbocycles. The van der Waals surface area contributed by atoms with Gasteiger partial charge in [-0.2, -0.15) is 0 Å². The normalized spacial score (nSPS) is 10.8. The van der Waals surface area contributed by atoms with Crippen LogP contribution in [0.2, 0.25) is 0 Å². The highest BCUT2D eigenvalue weighted by Gasteiger charge is 2.15. The van der Waals surface area contributed by atoms with E-state index in [0.717, 1.165) is 18.2 Å². The minimum absolute atomic E-state index is 0.0280. The summed E-state index contributed by atoms with van der Waals surface area (Å²) in [6.07, 6.45) is 2.59. The third-order valence-electron chi connectivity index (χ3n) is 2.96. The van der Waals surface area contributed by atoms with Gasteiger partial charge in [0.2, 0.25) is 0 Å². The molecule has 0 unspecified atom stereocenters. The first-order valence-electron chi connectivity index (χ1n) is 6.26. The van der Waals surface area contributed by atoms with Gasteiger partial charge in [-0.15, -0.1) is 0 Å². The average Bonchev–Trinajstić information content (AvgIpc) is 2.45. The van der Waals surface area contributed by atoms with E-state index < -0.39 is 17.3 Å². The van der Waals surface area contributed by atoms with Gasteiger partial charge >= 0.3 is 0 Å². The molecule has 0 fully saturated rings. The molecule has 114 valence electrons. The van der Waals surface area contributed by atoms with Crippen molar-refractivity contribution in [2.24, 2.45) is 0 Å². The summed E-state index contributed by atoms with van der Waals surface area (Å²) in [6, 6.07) is 6.43. The fourth-order valence-corrected chi connectivity index (χ4v) is 1.90. The summed E-state index contributed by atoms with van der Waals surface area (Å²) in [5.41, 5.74) is 0.278. The summed E-state index contributed by atoms with van der Waals surface area (Å²) >= 11 is 0. The smallest absolute Gasteiger partial charge is 0.193 e. The SMILES string of the molecule is COc1cc(/C=C/C(=O)c2c(O)cc(O)cc2O)ccc1O. The minimum atomic E-state index is -0.637. The van der Waals surface area contributed by atoms with Crippen molar-refractivity contribution in [3.05, 3.63) is 47.5 Å². The highest BCUT2D eigenvalue weighted by molar-refractivity contribution is 6.10. The number of hydrogen-bond donors (Lipinski definition) is 4. The van der Waals surface area contributed by atoms with Crippen molar-refractivity contribution in [3.63, 3.8) is 0 Å².